The molecule has 156 valence electrons. The molecule has 4 heteroatoms. The SMILES string of the molecule is CCCOc1ccccc1-c1nc2c(/C(C)=C\Cc3ccccc3)cccc2c(=O)[nH]1. The Morgan fingerprint density at radius 3 is 2.58 bits per heavy atom. The second kappa shape index (κ2) is 9.43. The van der Waals surface area contributed by atoms with Gasteiger partial charge in [0.15, 0.2) is 0 Å². The molecular formula is C27H26N2O2. The van der Waals surface area contributed by atoms with Crippen molar-refractivity contribution >= 4 is 16.5 Å². The highest BCUT2D eigenvalue weighted by Crippen LogP contribution is 2.29. The van der Waals surface area contributed by atoms with Crippen molar-refractivity contribution in [2.24, 2.45) is 0 Å². The van der Waals surface area contributed by atoms with Crippen LogP contribution in [-0.4, -0.2) is 16.6 Å². The van der Waals surface area contributed by atoms with E-state index in [0.717, 1.165) is 35.3 Å². The fourth-order valence-corrected chi connectivity index (χ4v) is 3.60. The molecule has 1 heterocycles. The minimum absolute atomic E-state index is 0.150. The Bertz CT molecular complexity index is 1270. The number of rotatable bonds is 7. The molecule has 3 aromatic carbocycles. The molecule has 0 saturated heterocycles. The molecular weight excluding hydrogens is 384 g/mol. The molecule has 4 nitrogen and oxygen atoms in total. The lowest BCUT2D eigenvalue weighted by molar-refractivity contribution is 0.318. The average Bonchev–Trinajstić information content (AvgIpc) is 2.81. The Morgan fingerprint density at radius 2 is 1.77 bits per heavy atom. The van der Waals surface area contributed by atoms with E-state index in [1.807, 2.05) is 60.7 Å². The third-order valence-electron chi connectivity index (χ3n) is 5.25. The second-order valence-corrected chi connectivity index (χ2v) is 7.54. The molecule has 0 aliphatic rings. The lowest BCUT2D eigenvalue weighted by Gasteiger charge is -2.12. The Labute approximate surface area is 182 Å². The molecule has 1 aromatic heterocycles. The Morgan fingerprint density at radius 1 is 1.00 bits per heavy atom. The highest BCUT2D eigenvalue weighted by Gasteiger charge is 2.13. The van der Waals surface area contributed by atoms with Crippen LogP contribution in [0.15, 0.2) is 83.7 Å². The van der Waals surface area contributed by atoms with Gasteiger partial charge in [0.25, 0.3) is 5.56 Å². The maximum atomic E-state index is 12.9. The molecule has 0 fully saturated rings. The van der Waals surface area contributed by atoms with Crippen molar-refractivity contribution in [1.29, 1.82) is 0 Å². The number of benzene rings is 3. The zero-order valence-electron chi connectivity index (χ0n) is 17.9. The summed E-state index contributed by atoms with van der Waals surface area (Å²) in [5.74, 6) is 1.24. The van der Waals surface area contributed by atoms with Crippen LogP contribution >= 0.6 is 0 Å². The van der Waals surface area contributed by atoms with Gasteiger partial charge in [-0.25, -0.2) is 4.98 Å². The number of para-hydroxylation sites is 2. The summed E-state index contributed by atoms with van der Waals surface area (Å²) < 4.78 is 5.88. The van der Waals surface area contributed by atoms with E-state index < -0.39 is 0 Å². The smallest absolute Gasteiger partial charge is 0.259 e. The molecule has 0 spiro atoms. The van der Waals surface area contributed by atoms with Crippen LogP contribution in [0.1, 0.15) is 31.4 Å². The van der Waals surface area contributed by atoms with Crippen LogP contribution in [0.25, 0.3) is 27.9 Å². The van der Waals surface area contributed by atoms with Crippen molar-refractivity contribution < 1.29 is 4.74 Å². The topological polar surface area (TPSA) is 55.0 Å². The van der Waals surface area contributed by atoms with Crippen LogP contribution in [0.2, 0.25) is 0 Å². The number of nitrogens with zero attached hydrogens (tertiary/aromatic N) is 1. The minimum Gasteiger partial charge on any atom is -0.493 e. The Balaban J connectivity index is 1.79. The summed E-state index contributed by atoms with van der Waals surface area (Å²) in [6.45, 7) is 4.75. The number of aromatic nitrogens is 2. The molecule has 0 atom stereocenters. The summed E-state index contributed by atoms with van der Waals surface area (Å²) in [4.78, 5) is 20.7. The Hall–Kier alpha value is -3.66. The standard InChI is InChI=1S/C27H26N2O2/c1-3-18-31-24-15-8-7-12-22(24)26-28-25-21(13-9-14-23(25)27(30)29-26)19(2)16-17-20-10-5-4-6-11-20/h4-16H,3,17-18H2,1-2H3,(H,28,29,30)/b19-16-. The summed E-state index contributed by atoms with van der Waals surface area (Å²) in [6.07, 6.45) is 3.92. The number of ether oxygens (including phenoxy) is 1. The van der Waals surface area contributed by atoms with Gasteiger partial charge in [-0.05, 0) is 49.1 Å². The number of hydrogen-bond donors (Lipinski definition) is 1. The third kappa shape index (κ3) is 4.58. The van der Waals surface area contributed by atoms with Gasteiger partial charge in [0, 0.05) is 5.56 Å². The summed E-state index contributed by atoms with van der Waals surface area (Å²) in [5, 5.41) is 0.584. The molecule has 0 saturated carbocycles. The first kappa shape index (κ1) is 20.6. The lowest BCUT2D eigenvalue weighted by atomic mass is 10.0. The molecule has 0 radical (unpaired) electrons. The summed E-state index contributed by atoms with van der Waals surface area (Å²) in [7, 11) is 0. The quantitative estimate of drug-likeness (QED) is 0.405. The highest BCUT2D eigenvalue weighted by atomic mass is 16.5. The van der Waals surface area contributed by atoms with Gasteiger partial charge < -0.3 is 9.72 Å². The van der Waals surface area contributed by atoms with Crippen molar-refractivity contribution in [3.63, 3.8) is 0 Å². The first-order valence-corrected chi connectivity index (χ1v) is 10.6. The van der Waals surface area contributed by atoms with E-state index in [4.69, 9.17) is 9.72 Å². The second-order valence-electron chi connectivity index (χ2n) is 7.54. The fourth-order valence-electron chi connectivity index (χ4n) is 3.60. The number of H-pyrrole nitrogens is 1. The predicted molar refractivity (Wildman–Crippen MR) is 127 cm³/mol. The number of aromatic amines is 1. The first-order chi connectivity index (χ1) is 15.2. The van der Waals surface area contributed by atoms with E-state index in [-0.39, 0.29) is 5.56 Å². The molecule has 0 amide bonds. The number of hydrogen-bond acceptors (Lipinski definition) is 3. The van der Waals surface area contributed by atoms with Gasteiger partial charge in [0.05, 0.1) is 23.1 Å². The third-order valence-corrected chi connectivity index (χ3v) is 5.25. The van der Waals surface area contributed by atoms with Gasteiger partial charge >= 0.3 is 0 Å². The van der Waals surface area contributed by atoms with Gasteiger partial charge in [-0.1, -0.05) is 67.6 Å². The van der Waals surface area contributed by atoms with E-state index in [2.05, 4.69) is 37.0 Å². The van der Waals surface area contributed by atoms with Crippen molar-refractivity contribution in [1.82, 2.24) is 9.97 Å². The number of fused-ring (bicyclic) bond motifs is 1. The molecule has 0 aliphatic heterocycles. The van der Waals surface area contributed by atoms with Crippen LogP contribution < -0.4 is 10.3 Å². The van der Waals surface area contributed by atoms with E-state index in [1.54, 1.807) is 0 Å². The van der Waals surface area contributed by atoms with Gasteiger partial charge in [-0.3, -0.25) is 4.79 Å². The Kier molecular flexibility index (Phi) is 6.27. The molecule has 31 heavy (non-hydrogen) atoms. The number of allylic oxidation sites excluding steroid dienone is 2. The average molecular weight is 411 g/mol. The van der Waals surface area contributed by atoms with E-state index >= 15 is 0 Å². The molecule has 0 aliphatic carbocycles. The van der Waals surface area contributed by atoms with Crippen LogP contribution in [0.4, 0.5) is 0 Å². The van der Waals surface area contributed by atoms with Crippen molar-refractivity contribution in [2.45, 2.75) is 26.7 Å². The van der Waals surface area contributed by atoms with Gasteiger partial charge in [0.1, 0.15) is 11.6 Å². The lowest BCUT2D eigenvalue weighted by Crippen LogP contribution is -2.11. The summed E-state index contributed by atoms with van der Waals surface area (Å²) in [6, 6.07) is 23.8. The van der Waals surface area contributed by atoms with Crippen molar-refractivity contribution in [2.75, 3.05) is 6.61 Å². The molecule has 4 aromatic rings. The van der Waals surface area contributed by atoms with E-state index in [9.17, 15) is 4.79 Å². The van der Waals surface area contributed by atoms with Crippen molar-refractivity contribution in [3.05, 3.63) is 100 Å². The number of nitrogens with one attached hydrogen (secondary N) is 1. The highest BCUT2D eigenvalue weighted by molar-refractivity contribution is 5.91. The largest absolute Gasteiger partial charge is 0.493 e. The first-order valence-electron chi connectivity index (χ1n) is 10.6. The minimum atomic E-state index is -0.150. The maximum Gasteiger partial charge on any atom is 0.259 e. The molecule has 1 N–H and O–H groups in total. The van der Waals surface area contributed by atoms with Crippen LogP contribution in [-0.2, 0) is 6.42 Å². The van der Waals surface area contributed by atoms with E-state index in [1.165, 1.54) is 5.56 Å². The molecule has 0 bridgehead atoms. The van der Waals surface area contributed by atoms with E-state index in [0.29, 0.717) is 23.3 Å². The van der Waals surface area contributed by atoms with Crippen LogP contribution in [0.3, 0.4) is 0 Å². The molecule has 0 unspecified atom stereocenters. The monoisotopic (exact) mass is 410 g/mol. The summed E-state index contributed by atoms with van der Waals surface area (Å²) in [5.41, 5.74) is 4.64. The summed E-state index contributed by atoms with van der Waals surface area (Å²) >= 11 is 0. The zero-order valence-corrected chi connectivity index (χ0v) is 17.9. The van der Waals surface area contributed by atoms with Gasteiger partial charge in [-0.2, -0.15) is 0 Å². The van der Waals surface area contributed by atoms with Crippen LogP contribution in [0, 0.1) is 0 Å². The maximum absolute atomic E-state index is 12.9. The van der Waals surface area contributed by atoms with Gasteiger partial charge in [0.2, 0.25) is 0 Å². The van der Waals surface area contributed by atoms with Crippen molar-refractivity contribution in [3.8, 4) is 17.1 Å². The van der Waals surface area contributed by atoms with Gasteiger partial charge in [-0.15, -0.1) is 0 Å². The fraction of sp³-hybridized carbons (Fsp3) is 0.185. The zero-order chi connectivity index (χ0) is 21.6. The predicted octanol–water partition coefficient (Wildman–Crippen LogP) is 6.02. The molecule has 4 rings (SSSR count). The normalized spacial score (nSPS) is 11.6. The van der Waals surface area contributed by atoms with Crippen LogP contribution in [0.5, 0.6) is 5.75 Å².